The number of para-hydroxylation sites is 1. The lowest BCUT2D eigenvalue weighted by atomic mass is 10.2. The van der Waals surface area contributed by atoms with Gasteiger partial charge in [0, 0.05) is 6.07 Å². The number of methoxy groups -OCH3 is 2. The van der Waals surface area contributed by atoms with Crippen LogP contribution in [-0.2, 0) is 4.79 Å². The Kier molecular flexibility index (Phi) is 7.72. The number of hydrogen-bond donors (Lipinski definition) is 3. The van der Waals surface area contributed by atoms with Gasteiger partial charge >= 0.3 is 0 Å². The van der Waals surface area contributed by atoms with Gasteiger partial charge in [0.2, 0.25) is 0 Å². The van der Waals surface area contributed by atoms with Crippen LogP contribution in [0.25, 0.3) is 0 Å². The Morgan fingerprint density at radius 3 is 2.34 bits per heavy atom. The quantitative estimate of drug-likeness (QED) is 0.530. The first-order valence-electron chi connectivity index (χ1n) is 10.0. The number of benzene rings is 2. The van der Waals surface area contributed by atoms with E-state index in [2.05, 4.69) is 5.32 Å². The number of hydrogen-bond acceptors (Lipinski definition) is 4. The Hall–Kier alpha value is -2.77. The molecule has 0 unspecified atom stereocenters. The average molecular weight is 402 g/mol. The van der Waals surface area contributed by atoms with Gasteiger partial charge in [-0.25, -0.2) is 0 Å². The molecular formula is C22H31N3O4+2. The van der Waals surface area contributed by atoms with Crippen LogP contribution in [0.2, 0.25) is 0 Å². The summed E-state index contributed by atoms with van der Waals surface area (Å²) in [6.45, 7) is 6.19. The molecule has 2 aromatic rings. The van der Waals surface area contributed by atoms with Crippen LogP contribution >= 0.6 is 0 Å². The van der Waals surface area contributed by atoms with Crippen LogP contribution < -0.4 is 29.3 Å². The summed E-state index contributed by atoms with van der Waals surface area (Å²) >= 11 is 0. The number of nitrogens with one attached hydrogen (secondary N) is 3. The molecule has 1 heterocycles. The Labute approximate surface area is 172 Å². The van der Waals surface area contributed by atoms with Crippen molar-refractivity contribution in [2.75, 3.05) is 65.4 Å². The van der Waals surface area contributed by atoms with E-state index in [1.54, 1.807) is 26.4 Å². The second kappa shape index (κ2) is 10.7. The van der Waals surface area contributed by atoms with Crippen molar-refractivity contribution in [2.45, 2.75) is 0 Å². The molecule has 1 aliphatic heterocycles. The van der Waals surface area contributed by atoms with Gasteiger partial charge in [0.05, 0.1) is 19.9 Å². The maximum Gasteiger partial charge on any atom is 0.279 e. The van der Waals surface area contributed by atoms with Crippen molar-refractivity contribution in [3.63, 3.8) is 0 Å². The third-order valence-corrected chi connectivity index (χ3v) is 5.22. The standard InChI is InChI=1S/C22H29N3O4/c1-27-19-8-9-21(28-2)20(16-19)23-22(26)17-25-12-10-24(11-13-25)14-15-29-18-6-4-3-5-7-18/h3-9,16H,10-15,17H2,1-2H3,(H,23,26)/p+2. The van der Waals surface area contributed by atoms with Gasteiger partial charge in [0.15, 0.2) is 6.54 Å². The van der Waals surface area contributed by atoms with Crippen molar-refractivity contribution >= 4 is 11.6 Å². The van der Waals surface area contributed by atoms with E-state index in [0.717, 1.165) is 38.5 Å². The third kappa shape index (κ3) is 6.37. The number of ether oxygens (including phenoxy) is 3. The minimum Gasteiger partial charge on any atom is -0.497 e. The lowest BCUT2D eigenvalue weighted by Gasteiger charge is -2.29. The van der Waals surface area contributed by atoms with E-state index in [-0.39, 0.29) is 5.91 Å². The van der Waals surface area contributed by atoms with Crippen LogP contribution in [-0.4, -0.2) is 66.0 Å². The van der Waals surface area contributed by atoms with Gasteiger partial charge in [-0.3, -0.25) is 4.79 Å². The molecule has 156 valence electrons. The van der Waals surface area contributed by atoms with E-state index in [1.165, 1.54) is 9.80 Å². The summed E-state index contributed by atoms with van der Waals surface area (Å²) in [5.74, 6) is 2.22. The fourth-order valence-corrected chi connectivity index (χ4v) is 3.55. The van der Waals surface area contributed by atoms with Gasteiger partial charge in [-0.2, -0.15) is 0 Å². The number of piperazine rings is 1. The highest BCUT2D eigenvalue weighted by molar-refractivity contribution is 5.93. The van der Waals surface area contributed by atoms with E-state index < -0.39 is 0 Å². The summed E-state index contributed by atoms with van der Waals surface area (Å²) in [5, 5.41) is 2.96. The second-order valence-corrected chi connectivity index (χ2v) is 7.20. The molecule has 0 bridgehead atoms. The molecule has 1 saturated heterocycles. The van der Waals surface area contributed by atoms with Crippen molar-refractivity contribution < 1.29 is 28.8 Å². The minimum atomic E-state index is -0.0117. The van der Waals surface area contributed by atoms with Crippen LogP contribution in [0.15, 0.2) is 48.5 Å². The van der Waals surface area contributed by atoms with Gasteiger partial charge < -0.3 is 29.3 Å². The van der Waals surface area contributed by atoms with E-state index in [1.807, 2.05) is 36.4 Å². The van der Waals surface area contributed by atoms with Crippen molar-refractivity contribution in [3.8, 4) is 17.2 Å². The number of carbonyl (C=O) groups is 1. The zero-order valence-corrected chi connectivity index (χ0v) is 17.2. The molecule has 3 N–H and O–H groups in total. The summed E-state index contributed by atoms with van der Waals surface area (Å²) in [7, 11) is 3.19. The van der Waals surface area contributed by atoms with Gasteiger partial charge in [-0.15, -0.1) is 0 Å². The molecule has 2 aromatic carbocycles. The van der Waals surface area contributed by atoms with Crippen LogP contribution in [0.1, 0.15) is 0 Å². The van der Waals surface area contributed by atoms with Crippen molar-refractivity contribution in [1.82, 2.24) is 0 Å². The van der Waals surface area contributed by atoms with Crippen LogP contribution in [0.5, 0.6) is 17.2 Å². The fraction of sp³-hybridized carbons (Fsp3) is 0.409. The molecule has 1 fully saturated rings. The topological polar surface area (TPSA) is 65.7 Å². The molecule has 7 nitrogen and oxygen atoms in total. The largest absolute Gasteiger partial charge is 0.497 e. The first-order valence-corrected chi connectivity index (χ1v) is 10.0. The average Bonchev–Trinajstić information content (AvgIpc) is 2.75. The first kappa shape index (κ1) is 21.0. The number of rotatable bonds is 9. The SMILES string of the molecule is COc1ccc(OC)c(NC(=O)C[NH+]2CC[NH+](CCOc3ccccc3)CC2)c1. The van der Waals surface area contributed by atoms with E-state index in [0.29, 0.717) is 30.3 Å². The Morgan fingerprint density at radius 2 is 1.66 bits per heavy atom. The highest BCUT2D eigenvalue weighted by Crippen LogP contribution is 2.28. The summed E-state index contributed by atoms with van der Waals surface area (Å²) in [5.41, 5.74) is 0.638. The predicted octanol–water partition coefficient (Wildman–Crippen LogP) is -0.495. The van der Waals surface area contributed by atoms with Gasteiger partial charge in [0.1, 0.15) is 56.6 Å². The lowest BCUT2D eigenvalue weighted by molar-refractivity contribution is -1.01. The lowest BCUT2D eigenvalue weighted by Crippen LogP contribution is -3.28. The third-order valence-electron chi connectivity index (χ3n) is 5.22. The summed E-state index contributed by atoms with van der Waals surface area (Å²) in [6, 6.07) is 15.3. The zero-order chi connectivity index (χ0) is 20.5. The van der Waals surface area contributed by atoms with Gasteiger partial charge in [-0.05, 0) is 24.3 Å². The number of quaternary nitrogens is 2. The Balaban J connectivity index is 1.39. The molecular weight excluding hydrogens is 370 g/mol. The Bertz CT molecular complexity index is 777. The van der Waals surface area contributed by atoms with Gasteiger partial charge in [-0.1, -0.05) is 18.2 Å². The molecule has 0 spiro atoms. The molecule has 1 amide bonds. The summed E-state index contributed by atoms with van der Waals surface area (Å²) in [4.78, 5) is 15.3. The Morgan fingerprint density at radius 1 is 0.931 bits per heavy atom. The smallest absolute Gasteiger partial charge is 0.279 e. The van der Waals surface area contributed by atoms with Crippen molar-refractivity contribution in [2.24, 2.45) is 0 Å². The maximum atomic E-state index is 12.5. The molecule has 3 rings (SSSR count). The molecule has 0 radical (unpaired) electrons. The summed E-state index contributed by atoms with van der Waals surface area (Å²) in [6.07, 6.45) is 0. The number of carbonyl (C=O) groups excluding carboxylic acids is 1. The number of amides is 1. The van der Waals surface area contributed by atoms with Crippen molar-refractivity contribution in [1.29, 1.82) is 0 Å². The van der Waals surface area contributed by atoms with E-state index >= 15 is 0 Å². The molecule has 0 atom stereocenters. The first-order chi connectivity index (χ1) is 14.2. The molecule has 0 aromatic heterocycles. The minimum absolute atomic E-state index is 0.0117. The van der Waals surface area contributed by atoms with Crippen LogP contribution in [0.4, 0.5) is 5.69 Å². The van der Waals surface area contributed by atoms with Crippen LogP contribution in [0.3, 0.4) is 0 Å². The zero-order valence-electron chi connectivity index (χ0n) is 17.2. The van der Waals surface area contributed by atoms with Crippen LogP contribution in [0, 0.1) is 0 Å². The maximum absolute atomic E-state index is 12.5. The molecule has 1 aliphatic rings. The summed E-state index contributed by atoms with van der Waals surface area (Å²) < 4.78 is 16.4. The molecule has 0 aliphatic carbocycles. The molecule has 0 saturated carbocycles. The number of anilines is 1. The molecule has 7 heteroatoms. The van der Waals surface area contributed by atoms with Gasteiger partial charge in [0.25, 0.3) is 5.91 Å². The molecule has 29 heavy (non-hydrogen) atoms. The fourth-order valence-electron chi connectivity index (χ4n) is 3.55. The van der Waals surface area contributed by atoms with E-state index in [4.69, 9.17) is 14.2 Å². The van der Waals surface area contributed by atoms with Crippen molar-refractivity contribution in [3.05, 3.63) is 48.5 Å². The highest BCUT2D eigenvalue weighted by atomic mass is 16.5. The monoisotopic (exact) mass is 401 g/mol. The normalized spacial score (nSPS) is 18.7. The predicted molar refractivity (Wildman–Crippen MR) is 111 cm³/mol. The highest BCUT2D eigenvalue weighted by Gasteiger charge is 2.25. The second-order valence-electron chi connectivity index (χ2n) is 7.20. The van der Waals surface area contributed by atoms with E-state index in [9.17, 15) is 4.79 Å².